The summed E-state index contributed by atoms with van der Waals surface area (Å²) in [5.74, 6) is 1.27. The van der Waals surface area contributed by atoms with Crippen molar-refractivity contribution in [3.63, 3.8) is 0 Å². The number of ether oxygens (including phenoxy) is 1. The highest BCUT2D eigenvalue weighted by Crippen LogP contribution is 2.31. The number of rotatable bonds is 7. The van der Waals surface area contributed by atoms with Crippen LogP contribution in [0, 0.1) is 0 Å². The number of aromatic nitrogens is 2. The SMILES string of the molecule is CS(=O)(=O)Nc1ccc(-c2noc([C@H]3CCCCN3C(=O)COc3ccccc3)n2)cc1. The normalized spacial score (nSPS) is 16.5. The molecule has 9 nitrogen and oxygen atoms in total. The van der Waals surface area contributed by atoms with Gasteiger partial charge >= 0.3 is 0 Å². The minimum Gasteiger partial charge on any atom is -0.484 e. The lowest BCUT2D eigenvalue weighted by Crippen LogP contribution is -2.41. The van der Waals surface area contributed by atoms with Gasteiger partial charge in [-0.3, -0.25) is 9.52 Å². The zero-order chi connectivity index (χ0) is 22.6. The van der Waals surface area contributed by atoms with E-state index in [0.29, 0.717) is 35.3 Å². The van der Waals surface area contributed by atoms with Crippen molar-refractivity contribution >= 4 is 21.6 Å². The largest absolute Gasteiger partial charge is 0.484 e. The zero-order valence-corrected chi connectivity index (χ0v) is 18.4. The topological polar surface area (TPSA) is 115 Å². The summed E-state index contributed by atoms with van der Waals surface area (Å²) in [5, 5.41) is 4.06. The van der Waals surface area contributed by atoms with E-state index in [1.807, 2.05) is 30.3 Å². The number of nitrogens with zero attached hydrogens (tertiary/aromatic N) is 3. The average Bonchev–Trinajstić information content (AvgIpc) is 3.28. The molecule has 1 atom stereocenters. The van der Waals surface area contributed by atoms with Gasteiger partial charge in [-0.25, -0.2) is 8.42 Å². The molecule has 0 bridgehead atoms. The Balaban J connectivity index is 1.46. The van der Waals surface area contributed by atoms with Crippen LogP contribution in [0.25, 0.3) is 11.4 Å². The van der Waals surface area contributed by atoms with Crippen LogP contribution in [-0.2, 0) is 14.8 Å². The number of benzene rings is 2. The van der Waals surface area contributed by atoms with Crippen molar-refractivity contribution < 1.29 is 22.5 Å². The highest BCUT2D eigenvalue weighted by molar-refractivity contribution is 7.92. The molecule has 0 saturated carbocycles. The van der Waals surface area contributed by atoms with Crippen molar-refractivity contribution in [1.29, 1.82) is 0 Å². The summed E-state index contributed by atoms with van der Waals surface area (Å²) < 4.78 is 36.2. The first-order chi connectivity index (χ1) is 15.4. The van der Waals surface area contributed by atoms with Crippen LogP contribution in [0.4, 0.5) is 5.69 Å². The molecule has 32 heavy (non-hydrogen) atoms. The fourth-order valence-electron chi connectivity index (χ4n) is 3.62. The summed E-state index contributed by atoms with van der Waals surface area (Å²) in [6.07, 6.45) is 3.69. The summed E-state index contributed by atoms with van der Waals surface area (Å²) in [6, 6.07) is 15.6. The number of piperidine rings is 1. The summed E-state index contributed by atoms with van der Waals surface area (Å²) in [4.78, 5) is 19.1. The Hall–Kier alpha value is -3.40. The molecule has 168 valence electrons. The van der Waals surface area contributed by atoms with Crippen LogP contribution in [0.5, 0.6) is 5.75 Å². The lowest BCUT2D eigenvalue weighted by atomic mass is 10.0. The molecule has 1 aliphatic rings. The summed E-state index contributed by atoms with van der Waals surface area (Å²) in [5.41, 5.74) is 1.13. The molecular formula is C22H24N4O5S. The van der Waals surface area contributed by atoms with E-state index in [0.717, 1.165) is 25.5 Å². The predicted octanol–water partition coefficient (Wildman–Crippen LogP) is 3.24. The number of sulfonamides is 1. The van der Waals surface area contributed by atoms with Crippen molar-refractivity contribution in [2.45, 2.75) is 25.3 Å². The molecule has 1 aromatic heterocycles. The van der Waals surface area contributed by atoms with Crippen LogP contribution >= 0.6 is 0 Å². The van der Waals surface area contributed by atoms with Gasteiger partial charge in [0.1, 0.15) is 11.8 Å². The quantitative estimate of drug-likeness (QED) is 0.580. The number of carbonyl (C=O) groups is 1. The van der Waals surface area contributed by atoms with E-state index in [1.54, 1.807) is 29.2 Å². The second kappa shape index (κ2) is 9.39. The van der Waals surface area contributed by atoms with Crippen LogP contribution in [0.3, 0.4) is 0 Å². The van der Waals surface area contributed by atoms with E-state index in [2.05, 4.69) is 14.9 Å². The molecule has 4 rings (SSSR count). The number of amides is 1. The number of anilines is 1. The van der Waals surface area contributed by atoms with E-state index in [1.165, 1.54) is 0 Å². The molecule has 1 aliphatic heterocycles. The first kappa shape index (κ1) is 21.8. The molecule has 10 heteroatoms. The van der Waals surface area contributed by atoms with Gasteiger partial charge in [0.2, 0.25) is 21.7 Å². The molecule has 1 N–H and O–H groups in total. The molecule has 0 aliphatic carbocycles. The maximum atomic E-state index is 12.8. The molecule has 1 saturated heterocycles. The molecule has 0 spiro atoms. The Kier molecular flexibility index (Phi) is 6.40. The van der Waals surface area contributed by atoms with E-state index in [-0.39, 0.29) is 18.6 Å². The first-order valence-corrected chi connectivity index (χ1v) is 12.2. The number of nitrogens with one attached hydrogen (secondary N) is 1. The number of hydrogen-bond donors (Lipinski definition) is 1. The van der Waals surface area contributed by atoms with Crippen molar-refractivity contribution in [2.24, 2.45) is 0 Å². The Bertz CT molecular complexity index is 1160. The minimum atomic E-state index is -3.35. The van der Waals surface area contributed by atoms with Gasteiger partial charge in [0.15, 0.2) is 6.61 Å². The predicted molar refractivity (Wildman–Crippen MR) is 118 cm³/mol. The number of para-hydroxylation sites is 1. The minimum absolute atomic E-state index is 0.0592. The lowest BCUT2D eigenvalue weighted by Gasteiger charge is -2.33. The third kappa shape index (κ3) is 5.44. The van der Waals surface area contributed by atoms with Gasteiger partial charge in [0, 0.05) is 17.8 Å². The van der Waals surface area contributed by atoms with Crippen LogP contribution in [0.2, 0.25) is 0 Å². The number of hydrogen-bond acceptors (Lipinski definition) is 7. The standard InChI is InChI=1S/C22H24N4O5S/c1-32(28,29)25-17-12-10-16(11-13-17)21-23-22(31-24-21)19-9-5-6-14-26(19)20(27)15-30-18-7-3-2-4-8-18/h2-4,7-8,10-13,19,25H,5-6,9,14-15H2,1H3/t19-/m1/s1. The van der Waals surface area contributed by atoms with Gasteiger partial charge in [-0.1, -0.05) is 23.4 Å². The van der Waals surface area contributed by atoms with Gasteiger partial charge in [-0.15, -0.1) is 0 Å². The first-order valence-electron chi connectivity index (χ1n) is 10.3. The third-order valence-corrected chi connectivity index (χ3v) is 5.71. The highest BCUT2D eigenvalue weighted by atomic mass is 32.2. The highest BCUT2D eigenvalue weighted by Gasteiger charge is 2.32. The molecule has 1 fully saturated rings. The maximum absolute atomic E-state index is 12.8. The maximum Gasteiger partial charge on any atom is 0.261 e. The molecule has 0 unspecified atom stereocenters. The van der Waals surface area contributed by atoms with Gasteiger partial charge in [-0.05, 0) is 55.7 Å². The molecular weight excluding hydrogens is 432 g/mol. The Morgan fingerprint density at radius 3 is 2.62 bits per heavy atom. The van der Waals surface area contributed by atoms with E-state index < -0.39 is 10.0 Å². The smallest absolute Gasteiger partial charge is 0.261 e. The van der Waals surface area contributed by atoms with Crippen molar-refractivity contribution in [3.05, 3.63) is 60.5 Å². The van der Waals surface area contributed by atoms with Crippen molar-refractivity contribution in [2.75, 3.05) is 24.1 Å². The summed E-state index contributed by atoms with van der Waals surface area (Å²) in [6.45, 7) is 0.543. The second-order valence-corrected chi connectivity index (χ2v) is 9.36. The summed E-state index contributed by atoms with van der Waals surface area (Å²) in [7, 11) is -3.35. The molecule has 3 aromatic rings. The monoisotopic (exact) mass is 456 g/mol. The molecule has 0 radical (unpaired) electrons. The van der Waals surface area contributed by atoms with E-state index in [9.17, 15) is 13.2 Å². The third-order valence-electron chi connectivity index (χ3n) is 5.10. The fourth-order valence-corrected chi connectivity index (χ4v) is 4.18. The van der Waals surface area contributed by atoms with Crippen molar-refractivity contribution in [3.8, 4) is 17.1 Å². The number of carbonyl (C=O) groups excluding carboxylic acids is 1. The Labute approximate surface area is 186 Å². The van der Waals surface area contributed by atoms with Gasteiger partial charge < -0.3 is 14.2 Å². The van der Waals surface area contributed by atoms with Crippen LogP contribution in [-0.4, -0.2) is 48.8 Å². The van der Waals surface area contributed by atoms with E-state index >= 15 is 0 Å². The van der Waals surface area contributed by atoms with Gasteiger partial charge in [0.25, 0.3) is 5.91 Å². The van der Waals surface area contributed by atoms with Gasteiger partial charge in [-0.2, -0.15) is 4.98 Å². The Morgan fingerprint density at radius 2 is 1.91 bits per heavy atom. The Morgan fingerprint density at radius 1 is 1.16 bits per heavy atom. The zero-order valence-electron chi connectivity index (χ0n) is 17.6. The fraction of sp³-hybridized carbons (Fsp3) is 0.318. The van der Waals surface area contributed by atoms with Crippen molar-refractivity contribution in [1.82, 2.24) is 15.0 Å². The average molecular weight is 457 g/mol. The summed E-state index contributed by atoms with van der Waals surface area (Å²) >= 11 is 0. The van der Waals surface area contributed by atoms with E-state index in [4.69, 9.17) is 9.26 Å². The van der Waals surface area contributed by atoms with Crippen LogP contribution in [0.15, 0.2) is 59.1 Å². The molecule has 2 aromatic carbocycles. The number of likely N-dealkylation sites (tertiary alicyclic amines) is 1. The lowest BCUT2D eigenvalue weighted by molar-refractivity contribution is -0.138. The molecule has 2 heterocycles. The second-order valence-electron chi connectivity index (χ2n) is 7.61. The van der Waals surface area contributed by atoms with Crippen LogP contribution < -0.4 is 9.46 Å². The van der Waals surface area contributed by atoms with Crippen LogP contribution in [0.1, 0.15) is 31.2 Å². The van der Waals surface area contributed by atoms with Gasteiger partial charge in [0.05, 0.1) is 6.26 Å². The molecule has 1 amide bonds.